The van der Waals surface area contributed by atoms with Crippen molar-refractivity contribution in [2.24, 2.45) is 0 Å². The number of nitrogens with one attached hydrogen (secondary N) is 2. The van der Waals surface area contributed by atoms with Gasteiger partial charge in [0.2, 0.25) is 0 Å². The number of likely N-dealkylation sites (N-methyl/N-ethyl adjacent to an activating group) is 1. The first-order chi connectivity index (χ1) is 12.0. The van der Waals surface area contributed by atoms with Gasteiger partial charge in [-0.1, -0.05) is 24.3 Å². The molecule has 1 heterocycles. The molecule has 7 heteroatoms. The lowest BCUT2D eigenvalue weighted by Crippen LogP contribution is -2.28. The van der Waals surface area contributed by atoms with E-state index < -0.39 is 0 Å². The summed E-state index contributed by atoms with van der Waals surface area (Å²) in [4.78, 5) is 24.8. The van der Waals surface area contributed by atoms with E-state index >= 15 is 0 Å². The third-order valence-electron chi connectivity index (χ3n) is 3.90. The molecular weight excluding hydrogens is 325 g/mol. The molecule has 0 unspecified atom stereocenters. The quantitative estimate of drug-likeness (QED) is 0.895. The molecule has 1 aliphatic rings. The Morgan fingerprint density at radius 3 is 2.48 bits per heavy atom. The molecule has 2 aromatic carbocycles. The van der Waals surface area contributed by atoms with Crippen LogP contribution < -0.4 is 10.6 Å². The number of carbonyl (C=O) groups excluding carboxylic acids is 2. The van der Waals surface area contributed by atoms with E-state index in [2.05, 4.69) is 10.6 Å². The Balaban J connectivity index is 1.51. The van der Waals surface area contributed by atoms with Gasteiger partial charge < -0.3 is 20.3 Å². The van der Waals surface area contributed by atoms with Crippen LogP contribution in [0.5, 0.6) is 0 Å². The molecular formula is C18H18FN3O3. The molecule has 1 saturated heterocycles. The van der Waals surface area contributed by atoms with E-state index in [1.807, 2.05) is 12.1 Å². The van der Waals surface area contributed by atoms with Crippen molar-refractivity contribution in [1.82, 2.24) is 10.2 Å². The molecule has 2 aromatic rings. The van der Waals surface area contributed by atoms with Crippen molar-refractivity contribution >= 4 is 17.8 Å². The number of ether oxygens (including phenoxy) is 1. The lowest BCUT2D eigenvalue weighted by molar-refractivity contribution is 0.135. The molecule has 25 heavy (non-hydrogen) atoms. The van der Waals surface area contributed by atoms with Crippen LogP contribution in [-0.2, 0) is 11.3 Å². The van der Waals surface area contributed by atoms with Crippen molar-refractivity contribution in [3.8, 4) is 0 Å². The predicted molar refractivity (Wildman–Crippen MR) is 90.6 cm³/mol. The summed E-state index contributed by atoms with van der Waals surface area (Å²) in [7, 11) is 1.68. The number of nitrogens with zero attached hydrogens (tertiary/aromatic N) is 1. The lowest BCUT2D eigenvalue weighted by Gasteiger charge is -2.11. The number of anilines is 1. The molecule has 3 rings (SSSR count). The average molecular weight is 343 g/mol. The number of hydrogen-bond donors (Lipinski definition) is 2. The summed E-state index contributed by atoms with van der Waals surface area (Å²) in [6.45, 7) is 0.804. The molecule has 0 saturated carbocycles. The minimum absolute atomic E-state index is 0.293. The zero-order valence-electron chi connectivity index (χ0n) is 13.7. The van der Waals surface area contributed by atoms with E-state index in [0.717, 1.165) is 11.1 Å². The Morgan fingerprint density at radius 2 is 1.88 bits per heavy atom. The number of urea groups is 1. The van der Waals surface area contributed by atoms with E-state index in [1.54, 1.807) is 31.3 Å². The Morgan fingerprint density at radius 1 is 1.20 bits per heavy atom. The van der Waals surface area contributed by atoms with Gasteiger partial charge in [-0.05, 0) is 35.4 Å². The molecule has 0 spiro atoms. The molecule has 1 fully saturated rings. The first-order valence-electron chi connectivity index (χ1n) is 7.82. The highest BCUT2D eigenvalue weighted by molar-refractivity contribution is 5.89. The van der Waals surface area contributed by atoms with Gasteiger partial charge >= 0.3 is 12.1 Å². The fraction of sp³-hybridized carbons (Fsp3) is 0.222. The third-order valence-corrected chi connectivity index (χ3v) is 3.90. The molecule has 1 aliphatic heterocycles. The summed E-state index contributed by atoms with van der Waals surface area (Å²) in [6, 6.07) is 12.7. The topological polar surface area (TPSA) is 70.7 Å². The van der Waals surface area contributed by atoms with Crippen molar-refractivity contribution in [2.45, 2.75) is 12.6 Å². The Bertz CT molecular complexity index is 762. The molecule has 3 amide bonds. The number of halogens is 1. The van der Waals surface area contributed by atoms with Crippen molar-refractivity contribution in [3.63, 3.8) is 0 Å². The van der Waals surface area contributed by atoms with Gasteiger partial charge in [-0.3, -0.25) is 0 Å². The van der Waals surface area contributed by atoms with Crippen LogP contribution in [-0.4, -0.2) is 30.6 Å². The van der Waals surface area contributed by atoms with E-state index in [9.17, 15) is 14.0 Å². The lowest BCUT2D eigenvalue weighted by atomic mass is 10.1. The number of amides is 3. The van der Waals surface area contributed by atoms with Crippen LogP contribution >= 0.6 is 0 Å². The summed E-state index contributed by atoms with van der Waals surface area (Å²) in [6.07, 6.45) is -0.633. The van der Waals surface area contributed by atoms with Gasteiger partial charge in [-0.25, -0.2) is 14.0 Å². The van der Waals surface area contributed by atoms with E-state index in [-0.39, 0.29) is 24.0 Å². The van der Waals surface area contributed by atoms with Gasteiger partial charge in [0.25, 0.3) is 0 Å². The van der Waals surface area contributed by atoms with Gasteiger partial charge in [0.15, 0.2) is 0 Å². The highest BCUT2D eigenvalue weighted by atomic mass is 19.1. The Hall–Kier alpha value is -3.09. The minimum atomic E-state index is -0.357. The Kier molecular flexibility index (Phi) is 4.83. The van der Waals surface area contributed by atoms with Crippen molar-refractivity contribution in [2.75, 3.05) is 18.9 Å². The number of cyclic esters (lactones) is 1. The standard InChI is InChI=1S/C18H18FN3O3/c1-22-11-16(25-18(22)24)13-4-8-15(9-5-13)21-17(23)20-10-12-2-6-14(19)7-3-12/h2-9,16H,10-11H2,1H3,(H2,20,21,23)/t16-/m0/s1. The largest absolute Gasteiger partial charge is 0.439 e. The van der Waals surface area contributed by atoms with Crippen LogP contribution in [0.4, 0.5) is 19.7 Å². The maximum atomic E-state index is 12.8. The van der Waals surface area contributed by atoms with Crippen LogP contribution in [0.3, 0.4) is 0 Å². The third kappa shape index (κ3) is 4.26. The molecule has 2 N–H and O–H groups in total. The number of hydrogen-bond acceptors (Lipinski definition) is 3. The molecule has 0 aliphatic carbocycles. The van der Waals surface area contributed by atoms with Crippen molar-refractivity contribution in [1.29, 1.82) is 0 Å². The monoisotopic (exact) mass is 343 g/mol. The van der Waals surface area contributed by atoms with Crippen molar-refractivity contribution < 1.29 is 18.7 Å². The Labute approximate surface area is 144 Å². The molecule has 1 atom stereocenters. The first-order valence-corrected chi connectivity index (χ1v) is 7.82. The van der Waals surface area contributed by atoms with Crippen molar-refractivity contribution in [3.05, 3.63) is 65.5 Å². The van der Waals surface area contributed by atoms with E-state index in [0.29, 0.717) is 18.8 Å². The summed E-state index contributed by atoms with van der Waals surface area (Å²) < 4.78 is 18.1. The van der Waals surface area contributed by atoms with Crippen LogP contribution in [0.15, 0.2) is 48.5 Å². The van der Waals surface area contributed by atoms with Gasteiger partial charge in [0, 0.05) is 19.3 Å². The summed E-state index contributed by atoms with van der Waals surface area (Å²) in [5.41, 5.74) is 2.30. The SMILES string of the molecule is CN1C[C@@H](c2ccc(NC(=O)NCc3ccc(F)cc3)cc2)OC1=O. The highest BCUT2D eigenvalue weighted by Gasteiger charge is 2.29. The average Bonchev–Trinajstić information content (AvgIpc) is 2.94. The number of carbonyl (C=O) groups is 2. The van der Waals surface area contributed by atoms with Gasteiger partial charge in [0.05, 0.1) is 6.54 Å². The zero-order chi connectivity index (χ0) is 17.8. The van der Waals surface area contributed by atoms with Crippen LogP contribution in [0.25, 0.3) is 0 Å². The van der Waals surface area contributed by atoms with Crippen LogP contribution in [0.2, 0.25) is 0 Å². The molecule has 0 bridgehead atoms. The summed E-state index contributed by atoms with van der Waals surface area (Å²) in [5.74, 6) is -0.313. The second-order valence-corrected chi connectivity index (χ2v) is 5.81. The molecule has 130 valence electrons. The summed E-state index contributed by atoms with van der Waals surface area (Å²) >= 11 is 0. The second kappa shape index (κ2) is 7.21. The smallest absolute Gasteiger partial charge is 0.410 e. The minimum Gasteiger partial charge on any atom is -0.439 e. The van der Waals surface area contributed by atoms with E-state index in [1.165, 1.54) is 17.0 Å². The molecule has 0 radical (unpaired) electrons. The van der Waals surface area contributed by atoms with Gasteiger partial charge in [-0.15, -0.1) is 0 Å². The molecule has 6 nitrogen and oxygen atoms in total. The highest BCUT2D eigenvalue weighted by Crippen LogP contribution is 2.25. The first kappa shape index (κ1) is 16.8. The molecule has 0 aromatic heterocycles. The van der Waals surface area contributed by atoms with Gasteiger partial charge in [0.1, 0.15) is 11.9 Å². The summed E-state index contributed by atoms with van der Waals surface area (Å²) in [5, 5.41) is 5.42. The normalized spacial score (nSPS) is 16.5. The van der Waals surface area contributed by atoms with E-state index in [4.69, 9.17) is 4.74 Å². The number of benzene rings is 2. The van der Waals surface area contributed by atoms with Crippen LogP contribution in [0, 0.1) is 5.82 Å². The van der Waals surface area contributed by atoms with Crippen LogP contribution in [0.1, 0.15) is 17.2 Å². The number of rotatable bonds is 4. The second-order valence-electron chi connectivity index (χ2n) is 5.81. The zero-order valence-corrected chi connectivity index (χ0v) is 13.7. The maximum absolute atomic E-state index is 12.8. The predicted octanol–water partition coefficient (Wildman–Crippen LogP) is 3.27. The van der Waals surface area contributed by atoms with Gasteiger partial charge in [-0.2, -0.15) is 0 Å². The fourth-order valence-corrected chi connectivity index (χ4v) is 2.49. The maximum Gasteiger partial charge on any atom is 0.410 e. The fourth-order valence-electron chi connectivity index (χ4n) is 2.49.